The van der Waals surface area contributed by atoms with Crippen LogP contribution in [0.2, 0.25) is 0 Å². The number of carbonyl (C=O) groups is 1. The van der Waals surface area contributed by atoms with Crippen molar-refractivity contribution in [2.75, 3.05) is 0 Å². The van der Waals surface area contributed by atoms with Crippen molar-refractivity contribution in [3.63, 3.8) is 0 Å². The summed E-state index contributed by atoms with van der Waals surface area (Å²) in [4.78, 5) is 11.8. The Bertz CT molecular complexity index is 1010. The van der Waals surface area contributed by atoms with Crippen molar-refractivity contribution >= 4 is 16.8 Å². The van der Waals surface area contributed by atoms with Crippen LogP contribution in [0.1, 0.15) is 32.6 Å². The highest BCUT2D eigenvalue weighted by atomic mass is 35.5. The molecule has 0 atom stereocenters. The van der Waals surface area contributed by atoms with Gasteiger partial charge in [0.15, 0.2) is 0 Å². The van der Waals surface area contributed by atoms with E-state index < -0.39 is 5.24 Å². The SMILES string of the molecule is O=C(Cl)c1cccc(C#Cc2ccccc2)c1C#Cc1ccccc1. The van der Waals surface area contributed by atoms with Crippen molar-refractivity contribution in [1.82, 2.24) is 0 Å². The molecule has 0 fully saturated rings. The summed E-state index contributed by atoms with van der Waals surface area (Å²) in [6.07, 6.45) is 0. The van der Waals surface area contributed by atoms with Crippen LogP contribution >= 0.6 is 11.6 Å². The van der Waals surface area contributed by atoms with Crippen molar-refractivity contribution in [3.8, 4) is 23.7 Å². The minimum Gasteiger partial charge on any atom is -0.276 e. The van der Waals surface area contributed by atoms with Gasteiger partial charge in [-0.1, -0.05) is 66.1 Å². The predicted molar refractivity (Wildman–Crippen MR) is 101 cm³/mol. The van der Waals surface area contributed by atoms with Gasteiger partial charge in [0.2, 0.25) is 0 Å². The summed E-state index contributed by atoms with van der Waals surface area (Å²) in [5.41, 5.74) is 3.35. The molecule has 1 nitrogen and oxygen atoms in total. The van der Waals surface area contributed by atoms with Crippen LogP contribution in [-0.4, -0.2) is 5.24 Å². The molecule has 0 saturated carbocycles. The van der Waals surface area contributed by atoms with E-state index in [-0.39, 0.29) is 0 Å². The number of benzene rings is 3. The monoisotopic (exact) mass is 340 g/mol. The van der Waals surface area contributed by atoms with E-state index in [1.807, 2.05) is 66.7 Å². The first-order valence-electron chi connectivity index (χ1n) is 7.71. The molecule has 3 rings (SSSR count). The Labute approximate surface area is 152 Å². The largest absolute Gasteiger partial charge is 0.276 e. The highest BCUT2D eigenvalue weighted by Gasteiger charge is 2.10. The highest BCUT2D eigenvalue weighted by molar-refractivity contribution is 6.68. The molecular formula is C23H13ClO. The first-order valence-corrected chi connectivity index (χ1v) is 8.09. The van der Waals surface area contributed by atoms with E-state index in [0.717, 1.165) is 11.1 Å². The second-order valence-corrected chi connectivity index (χ2v) is 5.58. The summed E-state index contributed by atoms with van der Waals surface area (Å²) < 4.78 is 0. The van der Waals surface area contributed by atoms with E-state index in [1.165, 1.54) is 0 Å². The minimum atomic E-state index is -0.541. The fourth-order valence-electron chi connectivity index (χ4n) is 2.27. The Morgan fingerprint density at radius 1 is 0.640 bits per heavy atom. The Hall–Kier alpha value is -3.26. The molecule has 25 heavy (non-hydrogen) atoms. The van der Waals surface area contributed by atoms with Crippen molar-refractivity contribution in [2.45, 2.75) is 0 Å². The summed E-state index contributed by atoms with van der Waals surface area (Å²) in [6.45, 7) is 0. The quantitative estimate of drug-likeness (QED) is 0.456. The molecular weight excluding hydrogens is 328 g/mol. The van der Waals surface area contributed by atoms with Crippen molar-refractivity contribution in [3.05, 3.63) is 107 Å². The molecule has 0 radical (unpaired) electrons. The minimum absolute atomic E-state index is 0.366. The van der Waals surface area contributed by atoms with Gasteiger partial charge in [0, 0.05) is 16.7 Å². The zero-order valence-corrected chi connectivity index (χ0v) is 14.0. The van der Waals surface area contributed by atoms with Crippen LogP contribution in [0, 0.1) is 23.7 Å². The van der Waals surface area contributed by atoms with Gasteiger partial charge in [0.1, 0.15) is 0 Å². The molecule has 0 aromatic heterocycles. The summed E-state index contributed by atoms with van der Waals surface area (Å²) >= 11 is 5.72. The third-order valence-corrected chi connectivity index (χ3v) is 3.70. The van der Waals surface area contributed by atoms with E-state index in [9.17, 15) is 4.79 Å². The maximum Gasteiger partial charge on any atom is 0.253 e. The van der Waals surface area contributed by atoms with E-state index in [1.54, 1.807) is 12.1 Å². The number of carbonyl (C=O) groups excluding carboxylic acids is 1. The normalized spacial score (nSPS) is 9.32. The van der Waals surface area contributed by atoms with Crippen LogP contribution in [0.5, 0.6) is 0 Å². The standard InChI is InChI=1S/C23H13ClO/c24-23(25)22-13-7-12-20(16-14-18-8-3-1-4-9-18)21(22)17-15-19-10-5-2-6-11-19/h1-13H. The predicted octanol–water partition coefficient (Wildman–Crippen LogP) is 4.87. The van der Waals surface area contributed by atoms with Gasteiger partial charge < -0.3 is 0 Å². The van der Waals surface area contributed by atoms with Gasteiger partial charge in [-0.25, -0.2) is 0 Å². The van der Waals surface area contributed by atoms with Gasteiger partial charge in [0.25, 0.3) is 5.24 Å². The lowest BCUT2D eigenvalue weighted by Gasteiger charge is -2.02. The fraction of sp³-hybridized carbons (Fsp3) is 0. The van der Waals surface area contributed by atoms with E-state index in [2.05, 4.69) is 23.7 Å². The Morgan fingerprint density at radius 2 is 1.20 bits per heavy atom. The maximum atomic E-state index is 11.8. The molecule has 3 aromatic carbocycles. The molecule has 0 aliphatic heterocycles. The average Bonchev–Trinajstić information content (AvgIpc) is 2.66. The second-order valence-electron chi connectivity index (χ2n) is 5.23. The third kappa shape index (κ3) is 4.39. The van der Waals surface area contributed by atoms with Crippen LogP contribution in [0.3, 0.4) is 0 Å². The highest BCUT2D eigenvalue weighted by Crippen LogP contribution is 2.16. The molecule has 0 spiro atoms. The number of rotatable bonds is 1. The van der Waals surface area contributed by atoms with Crippen molar-refractivity contribution < 1.29 is 4.79 Å². The van der Waals surface area contributed by atoms with Crippen LogP contribution in [0.15, 0.2) is 78.9 Å². The Kier molecular flexibility index (Phi) is 5.32. The fourth-order valence-corrected chi connectivity index (χ4v) is 2.43. The molecule has 0 bridgehead atoms. The van der Waals surface area contributed by atoms with Gasteiger partial charge in [-0.3, -0.25) is 4.79 Å². The average molecular weight is 341 g/mol. The van der Waals surface area contributed by atoms with E-state index >= 15 is 0 Å². The van der Waals surface area contributed by atoms with Crippen LogP contribution in [0.4, 0.5) is 0 Å². The van der Waals surface area contributed by atoms with Gasteiger partial charge in [-0.05, 0) is 48.0 Å². The molecule has 0 aliphatic carbocycles. The summed E-state index contributed by atoms with van der Waals surface area (Å²) in [7, 11) is 0. The van der Waals surface area contributed by atoms with Crippen LogP contribution in [0.25, 0.3) is 0 Å². The smallest absolute Gasteiger partial charge is 0.253 e. The van der Waals surface area contributed by atoms with Crippen molar-refractivity contribution in [1.29, 1.82) is 0 Å². The molecule has 0 N–H and O–H groups in total. The first-order chi connectivity index (χ1) is 12.2. The third-order valence-electron chi connectivity index (χ3n) is 3.50. The molecule has 0 aliphatic rings. The molecule has 0 saturated heterocycles. The topological polar surface area (TPSA) is 17.1 Å². The van der Waals surface area contributed by atoms with Crippen molar-refractivity contribution in [2.24, 2.45) is 0 Å². The molecule has 0 unspecified atom stereocenters. The maximum absolute atomic E-state index is 11.8. The van der Waals surface area contributed by atoms with Gasteiger partial charge in [0.05, 0.1) is 11.1 Å². The molecule has 2 heteroatoms. The molecule has 0 amide bonds. The lowest BCUT2D eigenvalue weighted by Crippen LogP contribution is -1.97. The molecule has 0 heterocycles. The van der Waals surface area contributed by atoms with Gasteiger partial charge >= 0.3 is 0 Å². The van der Waals surface area contributed by atoms with E-state index in [0.29, 0.717) is 16.7 Å². The van der Waals surface area contributed by atoms with Crippen LogP contribution in [-0.2, 0) is 0 Å². The Morgan fingerprint density at radius 3 is 1.76 bits per heavy atom. The lowest BCUT2D eigenvalue weighted by molar-refractivity contribution is 0.108. The van der Waals surface area contributed by atoms with Gasteiger partial charge in [-0.15, -0.1) is 0 Å². The van der Waals surface area contributed by atoms with E-state index in [4.69, 9.17) is 11.6 Å². The van der Waals surface area contributed by atoms with Gasteiger partial charge in [-0.2, -0.15) is 0 Å². The number of hydrogen-bond donors (Lipinski definition) is 0. The van der Waals surface area contributed by atoms with Crippen LogP contribution < -0.4 is 0 Å². The molecule has 118 valence electrons. The number of halogens is 1. The lowest BCUT2D eigenvalue weighted by atomic mass is 10.0. The first kappa shape index (κ1) is 16.6. The Balaban J connectivity index is 2.08. The summed E-state index contributed by atoms with van der Waals surface area (Å²) in [6, 6.07) is 24.5. The summed E-state index contributed by atoms with van der Waals surface area (Å²) in [5.74, 6) is 12.3. The summed E-state index contributed by atoms with van der Waals surface area (Å²) in [5, 5.41) is -0.541. The zero-order chi connectivity index (χ0) is 17.5. The molecule has 3 aromatic rings. The second kappa shape index (κ2) is 8.02. The number of hydrogen-bond acceptors (Lipinski definition) is 1. The zero-order valence-electron chi connectivity index (χ0n) is 13.3.